The second kappa shape index (κ2) is 6.49. The zero-order chi connectivity index (χ0) is 13.7. The molecule has 2 rings (SSSR count). The Morgan fingerprint density at radius 3 is 3.05 bits per heavy atom. The standard InChI is InChI=1S/C12H22N4O2S/c1-11-7-14-16(9-11)6-5-15-19(17,18)10-12-3-2-4-13-8-12/h7,9,12-13,15H,2-6,8,10H2,1H3. The maximum absolute atomic E-state index is 11.9. The Balaban J connectivity index is 1.74. The third-order valence-corrected chi connectivity index (χ3v) is 4.83. The van der Waals surface area contributed by atoms with Gasteiger partial charge in [-0.15, -0.1) is 0 Å². The van der Waals surface area contributed by atoms with E-state index in [0.717, 1.165) is 31.5 Å². The molecule has 1 aromatic rings. The molecule has 2 heterocycles. The van der Waals surface area contributed by atoms with Crippen molar-refractivity contribution in [1.82, 2.24) is 19.8 Å². The van der Waals surface area contributed by atoms with Gasteiger partial charge in [-0.05, 0) is 44.3 Å². The molecule has 0 saturated carbocycles. The summed E-state index contributed by atoms with van der Waals surface area (Å²) in [7, 11) is -3.18. The van der Waals surface area contributed by atoms with Crippen molar-refractivity contribution in [2.24, 2.45) is 5.92 Å². The topological polar surface area (TPSA) is 76.0 Å². The zero-order valence-corrected chi connectivity index (χ0v) is 12.1. The molecule has 1 unspecified atom stereocenters. The molecule has 0 spiro atoms. The van der Waals surface area contributed by atoms with E-state index in [-0.39, 0.29) is 11.7 Å². The smallest absolute Gasteiger partial charge is 0.211 e. The number of hydrogen-bond acceptors (Lipinski definition) is 4. The molecule has 0 aromatic carbocycles. The first kappa shape index (κ1) is 14.5. The van der Waals surface area contributed by atoms with Gasteiger partial charge in [0.1, 0.15) is 0 Å². The van der Waals surface area contributed by atoms with Crippen molar-refractivity contribution in [3.05, 3.63) is 18.0 Å². The Hall–Kier alpha value is -0.920. The quantitative estimate of drug-likeness (QED) is 0.778. The molecule has 6 nitrogen and oxygen atoms in total. The fourth-order valence-corrected chi connectivity index (χ4v) is 3.77. The number of aryl methyl sites for hydroxylation is 1. The minimum atomic E-state index is -3.18. The number of nitrogens with zero attached hydrogens (tertiary/aromatic N) is 2. The summed E-state index contributed by atoms with van der Waals surface area (Å²) in [4.78, 5) is 0. The van der Waals surface area contributed by atoms with Gasteiger partial charge < -0.3 is 5.32 Å². The summed E-state index contributed by atoms with van der Waals surface area (Å²) < 4.78 is 28.2. The van der Waals surface area contributed by atoms with E-state index < -0.39 is 10.0 Å². The van der Waals surface area contributed by atoms with Crippen LogP contribution in [0.15, 0.2) is 12.4 Å². The minimum Gasteiger partial charge on any atom is -0.316 e. The maximum atomic E-state index is 11.9. The number of nitrogens with one attached hydrogen (secondary N) is 2. The molecule has 108 valence electrons. The van der Waals surface area contributed by atoms with E-state index in [1.807, 2.05) is 13.1 Å². The van der Waals surface area contributed by atoms with Crippen molar-refractivity contribution in [1.29, 1.82) is 0 Å². The molecule has 0 amide bonds. The van der Waals surface area contributed by atoms with Gasteiger partial charge in [0.2, 0.25) is 10.0 Å². The first-order chi connectivity index (χ1) is 9.05. The first-order valence-corrected chi connectivity index (χ1v) is 8.37. The van der Waals surface area contributed by atoms with Crippen LogP contribution < -0.4 is 10.0 Å². The second-order valence-corrected chi connectivity index (χ2v) is 7.02. The van der Waals surface area contributed by atoms with Crippen molar-refractivity contribution < 1.29 is 8.42 Å². The van der Waals surface area contributed by atoms with Crippen LogP contribution in [0.2, 0.25) is 0 Å². The molecule has 2 N–H and O–H groups in total. The van der Waals surface area contributed by atoms with Crippen molar-refractivity contribution in [3.8, 4) is 0 Å². The molecular formula is C12H22N4O2S. The molecule has 1 aliphatic rings. The van der Waals surface area contributed by atoms with Gasteiger partial charge in [0, 0.05) is 12.7 Å². The van der Waals surface area contributed by atoms with Gasteiger partial charge in [0.05, 0.1) is 18.5 Å². The van der Waals surface area contributed by atoms with Crippen molar-refractivity contribution >= 4 is 10.0 Å². The molecule has 1 aromatic heterocycles. The Kier molecular flexibility index (Phi) is 4.95. The van der Waals surface area contributed by atoms with Crippen LogP contribution in [0, 0.1) is 12.8 Å². The summed E-state index contributed by atoms with van der Waals surface area (Å²) in [5.41, 5.74) is 1.08. The van der Waals surface area contributed by atoms with E-state index in [0.29, 0.717) is 13.1 Å². The van der Waals surface area contributed by atoms with E-state index in [1.54, 1.807) is 10.9 Å². The summed E-state index contributed by atoms with van der Waals surface area (Å²) >= 11 is 0. The van der Waals surface area contributed by atoms with Gasteiger partial charge in [-0.25, -0.2) is 13.1 Å². The lowest BCUT2D eigenvalue weighted by Gasteiger charge is -2.22. The van der Waals surface area contributed by atoms with E-state index in [1.165, 1.54) is 0 Å². The van der Waals surface area contributed by atoms with Crippen LogP contribution in [0.4, 0.5) is 0 Å². The van der Waals surface area contributed by atoms with Crippen LogP contribution in [0.1, 0.15) is 18.4 Å². The SMILES string of the molecule is Cc1cnn(CCNS(=O)(=O)CC2CCCNC2)c1. The van der Waals surface area contributed by atoms with Crippen LogP contribution in [0.25, 0.3) is 0 Å². The largest absolute Gasteiger partial charge is 0.316 e. The highest BCUT2D eigenvalue weighted by Crippen LogP contribution is 2.11. The maximum Gasteiger partial charge on any atom is 0.211 e. The normalized spacial score (nSPS) is 20.6. The summed E-state index contributed by atoms with van der Waals surface area (Å²) in [5, 5.41) is 7.36. The lowest BCUT2D eigenvalue weighted by molar-refractivity contribution is 0.402. The van der Waals surface area contributed by atoms with E-state index in [2.05, 4.69) is 15.1 Å². The molecule has 1 saturated heterocycles. The highest BCUT2D eigenvalue weighted by molar-refractivity contribution is 7.89. The fourth-order valence-electron chi connectivity index (χ4n) is 2.34. The molecule has 1 atom stereocenters. The summed E-state index contributed by atoms with van der Waals surface area (Å²) in [6.07, 6.45) is 5.72. The van der Waals surface area contributed by atoms with Gasteiger partial charge in [0.25, 0.3) is 0 Å². The number of aromatic nitrogens is 2. The molecule has 0 aliphatic carbocycles. The lowest BCUT2D eigenvalue weighted by Crippen LogP contribution is -2.38. The predicted octanol–water partition coefficient (Wildman–Crippen LogP) is 0.111. The van der Waals surface area contributed by atoms with Gasteiger partial charge in [-0.3, -0.25) is 4.68 Å². The number of sulfonamides is 1. The number of hydrogen-bond donors (Lipinski definition) is 2. The first-order valence-electron chi connectivity index (χ1n) is 6.72. The molecule has 0 bridgehead atoms. The zero-order valence-electron chi connectivity index (χ0n) is 11.3. The van der Waals surface area contributed by atoms with Gasteiger partial charge >= 0.3 is 0 Å². The predicted molar refractivity (Wildman–Crippen MR) is 74.3 cm³/mol. The minimum absolute atomic E-state index is 0.220. The van der Waals surface area contributed by atoms with Crippen molar-refractivity contribution in [2.45, 2.75) is 26.3 Å². The molecule has 0 radical (unpaired) electrons. The van der Waals surface area contributed by atoms with Crippen LogP contribution in [-0.2, 0) is 16.6 Å². The summed E-state index contributed by atoms with van der Waals surface area (Å²) in [6.45, 7) is 4.73. The van der Waals surface area contributed by atoms with Crippen LogP contribution >= 0.6 is 0 Å². The highest BCUT2D eigenvalue weighted by Gasteiger charge is 2.20. The van der Waals surface area contributed by atoms with E-state index in [9.17, 15) is 8.42 Å². The van der Waals surface area contributed by atoms with Crippen LogP contribution in [-0.4, -0.2) is 43.6 Å². The molecule has 7 heteroatoms. The van der Waals surface area contributed by atoms with Crippen LogP contribution in [0.3, 0.4) is 0 Å². The van der Waals surface area contributed by atoms with Gasteiger partial charge in [-0.1, -0.05) is 0 Å². The van der Waals surface area contributed by atoms with E-state index in [4.69, 9.17) is 0 Å². The molecule has 1 fully saturated rings. The monoisotopic (exact) mass is 286 g/mol. The lowest BCUT2D eigenvalue weighted by atomic mass is 10.0. The molecular weight excluding hydrogens is 264 g/mol. The Morgan fingerprint density at radius 1 is 1.58 bits per heavy atom. The van der Waals surface area contributed by atoms with E-state index >= 15 is 0 Å². The number of rotatable bonds is 6. The summed E-state index contributed by atoms with van der Waals surface area (Å²) in [6, 6.07) is 0. The Bertz CT molecular complexity index is 492. The third-order valence-electron chi connectivity index (χ3n) is 3.28. The number of piperidine rings is 1. The average molecular weight is 286 g/mol. The Labute approximate surface area is 114 Å². The summed E-state index contributed by atoms with van der Waals surface area (Å²) in [5.74, 6) is 0.455. The third kappa shape index (κ3) is 4.93. The van der Waals surface area contributed by atoms with Crippen molar-refractivity contribution in [2.75, 3.05) is 25.4 Å². The Morgan fingerprint density at radius 2 is 2.42 bits per heavy atom. The second-order valence-electron chi connectivity index (χ2n) is 5.17. The van der Waals surface area contributed by atoms with Gasteiger partial charge in [0.15, 0.2) is 0 Å². The fraction of sp³-hybridized carbons (Fsp3) is 0.750. The van der Waals surface area contributed by atoms with Gasteiger partial charge in [-0.2, -0.15) is 5.10 Å². The molecule has 1 aliphatic heterocycles. The average Bonchev–Trinajstić information content (AvgIpc) is 2.75. The highest BCUT2D eigenvalue weighted by atomic mass is 32.2. The molecule has 19 heavy (non-hydrogen) atoms. The van der Waals surface area contributed by atoms with Crippen molar-refractivity contribution in [3.63, 3.8) is 0 Å². The van der Waals surface area contributed by atoms with Crippen LogP contribution in [0.5, 0.6) is 0 Å².